The number of benzene rings is 2. The third-order valence-corrected chi connectivity index (χ3v) is 6.13. The summed E-state index contributed by atoms with van der Waals surface area (Å²) in [5.74, 6) is 0. The van der Waals surface area contributed by atoms with Crippen LogP contribution in [0.25, 0.3) is 0 Å². The van der Waals surface area contributed by atoms with E-state index in [0.717, 1.165) is 104 Å². The first-order valence-electron chi connectivity index (χ1n) is 13.3. The van der Waals surface area contributed by atoms with Gasteiger partial charge in [0.1, 0.15) is 0 Å². The van der Waals surface area contributed by atoms with Crippen LogP contribution in [0.1, 0.15) is 47.9 Å². The van der Waals surface area contributed by atoms with Crippen molar-refractivity contribution >= 4 is 0 Å². The molecule has 1 aliphatic heterocycles. The fourth-order valence-corrected chi connectivity index (χ4v) is 4.23. The van der Waals surface area contributed by atoms with Crippen molar-refractivity contribution in [1.29, 1.82) is 0 Å². The van der Waals surface area contributed by atoms with Crippen molar-refractivity contribution in [2.45, 2.75) is 51.9 Å². The monoisotopic (exact) mass is 466 g/mol. The van der Waals surface area contributed by atoms with Crippen molar-refractivity contribution in [1.82, 2.24) is 31.9 Å². The van der Waals surface area contributed by atoms with Crippen LogP contribution >= 0.6 is 0 Å². The Hall–Kier alpha value is -1.80. The highest BCUT2D eigenvalue weighted by Gasteiger charge is 1.99. The predicted molar refractivity (Wildman–Crippen MR) is 144 cm³/mol. The Morgan fingerprint density at radius 2 is 0.618 bits per heavy atom. The van der Waals surface area contributed by atoms with Crippen LogP contribution in [-0.4, -0.2) is 52.4 Å². The second-order valence-electron chi connectivity index (χ2n) is 9.26. The Balaban J connectivity index is 1.39. The topological polar surface area (TPSA) is 72.2 Å². The lowest BCUT2D eigenvalue weighted by molar-refractivity contribution is 0.561. The lowest BCUT2D eigenvalue weighted by atomic mass is 10.1. The SMILES string of the molecule is c1cc2cc(c1)CNCCCNCCCNCc1cccc(c1)CNCCCNCCCNC2. The molecule has 0 spiro atoms. The molecule has 6 heteroatoms. The summed E-state index contributed by atoms with van der Waals surface area (Å²) in [6.45, 7) is 12.2. The summed E-state index contributed by atoms with van der Waals surface area (Å²) < 4.78 is 0. The van der Waals surface area contributed by atoms with E-state index in [9.17, 15) is 0 Å². The van der Waals surface area contributed by atoms with E-state index >= 15 is 0 Å². The molecule has 0 saturated carbocycles. The highest BCUT2D eigenvalue weighted by atomic mass is 14.9. The van der Waals surface area contributed by atoms with Crippen LogP contribution in [-0.2, 0) is 26.2 Å². The first kappa shape index (κ1) is 26.8. The van der Waals surface area contributed by atoms with Gasteiger partial charge in [-0.15, -0.1) is 0 Å². The Labute approximate surface area is 207 Å². The van der Waals surface area contributed by atoms with Gasteiger partial charge in [0.05, 0.1) is 0 Å². The van der Waals surface area contributed by atoms with Gasteiger partial charge in [0.15, 0.2) is 0 Å². The van der Waals surface area contributed by atoms with Crippen LogP contribution < -0.4 is 31.9 Å². The molecule has 0 saturated heterocycles. The number of hydrogen-bond acceptors (Lipinski definition) is 6. The lowest BCUT2D eigenvalue weighted by Crippen LogP contribution is -2.25. The maximum Gasteiger partial charge on any atom is 0.0205 e. The molecule has 0 radical (unpaired) electrons. The molecule has 0 aromatic heterocycles. The van der Waals surface area contributed by atoms with E-state index in [-0.39, 0.29) is 0 Å². The normalized spacial score (nSPS) is 19.5. The summed E-state index contributed by atoms with van der Waals surface area (Å²) in [6.07, 6.45) is 4.63. The summed E-state index contributed by atoms with van der Waals surface area (Å²) in [5, 5.41) is 21.5. The number of nitrogens with one attached hydrogen (secondary N) is 6. The quantitative estimate of drug-likeness (QED) is 0.359. The molecule has 3 rings (SSSR count). The average molecular weight is 467 g/mol. The number of rotatable bonds is 0. The highest BCUT2D eigenvalue weighted by molar-refractivity contribution is 5.24. The minimum absolute atomic E-state index is 0.942. The van der Waals surface area contributed by atoms with Gasteiger partial charge in [-0.2, -0.15) is 0 Å². The Kier molecular flexibility index (Phi) is 13.9. The zero-order chi connectivity index (χ0) is 23.5. The molecule has 6 N–H and O–H groups in total. The molecule has 1 aliphatic rings. The first-order valence-corrected chi connectivity index (χ1v) is 13.3. The van der Waals surface area contributed by atoms with Gasteiger partial charge in [0.2, 0.25) is 0 Å². The largest absolute Gasteiger partial charge is 0.317 e. The third-order valence-electron chi connectivity index (χ3n) is 6.13. The zero-order valence-corrected chi connectivity index (χ0v) is 20.9. The lowest BCUT2D eigenvalue weighted by Gasteiger charge is -2.11. The van der Waals surface area contributed by atoms with Gasteiger partial charge in [0, 0.05) is 26.2 Å². The van der Waals surface area contributed by atoms with E-state index in [1.807, 2.05) is 0 Å². The molecule has 2 aromatic rings. The molecule has 0 aliphatic carbocycles. The van der Waals surface area contributed by atoms with E-state index in [1.54, 1.807) is 0 Å². The van der Waals surface area contributed by atoms with E-state index in [4.69, 9.17) is 0 Å². The molecule has 4 bridgehead atoms. The summed E-state index contributed by atoms with van der Waals surface area (Å²) in [6, 6.07) is 17.9. The summed E-state index contributed by atoms with van der Waals surface area (Å²) in [7, 11) is 0. The van der Waals surface area contributed by atoms with Crippen molar-refractivity contribution in [3.05, 3.63) is 70.8 Å². The summed E-state index contributed by atoms with van der Waals surface area (Å²) in [5.41, 5.74) is 5.47. The van der Waals surface area contributed by atoms with Crippen molar-refractivity contribution in [2.24, 2.45) is 0 Å². The van der Waals surface area contributed by atoms with Crippen LogP contribution in [0.2, 0.25) is 0 Å². The minimum atomic E-state index is 0.942. The molecule has 1 heterocycles. The van der Waals surface area contributed by atoms with Gasteiger partial charge >= 0.3 is 0 Å². The Morgan fingerprint density at radius 3 is 0.912 bits per heavy atom. The Bertz CT molecular complexity index is 661. The summed E-state index contributed by atoms with van der Waals surface area (Å²) in [4.78, 5) is 0. The van der Waals surface area contributed by atoms with Crippen molar-refractivity contribution in [3.63, 3.8) is 0 Å². The van der Waals surface area contributed by atoms with Gasteiger partial charge in [-0.3, -0.25) is 0 Å². The molecular weight excluding hydrogens is 420 g/mol. The van der Waals surface area contributed by atoms with Crippen LogP contribution in [0, 0.1) is 0 Å². The van der Waals surface area contributed by atoms with Crippen LogP contribution in [0.5, 0.6) is 0 Å². The average Bonchev–Trinajstić information content (AvgIpc) is 2.86. The van der Waals surface area contributed by atoms with Crippen LogP contribution in [0.4, 0.5) is 0 Å². The fourth-order valence-electron chi connectivity index (χ4n) is 4.23. The standard InChI is InChI=1S/C28H46N6/c1-7-25-19-26(8-1)22-32-16-4-12-30-14-6-18-34-24-28-10-2-9-27(20-28)23-33-17-5-13-29-11-3-15-31-21-25/h1-2,7-10,19-20,29-34H,3-6,11-18,21-24H2. The van der Waals surface area contributed by atoms with Crippen molar-refractivity contribution in [3.8, 4) is 0 Å². The molecule has 0 amide bonds. The maximum atomic E-state index is 3.58. The van der Waals surface area contributed by atoms with Crippen LogP contribution in [0.3, 0.4) is 0 Å². The Morgan fingerprint density at radius 1 is 0.353 bits per heavy atom. The second-order valence-corrected chi connectivity index (χ2v) is 9.26. The highest BCUT2D eigenvalue weighted by Crippen LogP contribution is 2.06. The maximum absolute atomic E-state index is 3.58. The molecule has 0 fully saturated rings. The number of hydrogen-bond donors (Lipinski definition) is 6. The van der Waals surface area contributed by atoms with Gasteiger partial charge in [-0.1, -0.05) is 48.5 Å². The van der Waals surface area contributed by atoms with Crippen molar-refractivity contribution in [2.75, 3.05) is 52.4 Å². The molecule has 188 valence electrons. The second kappa shape index (κ2) is 17.6. The third kappa shape index (κ3) is 12.1. The minimum Gasteiger partial charge on any atom is -0.317 e. The summed E-state index contributed by atoms with van der Waals surface area (Å²) >= 11 is 0. The van der Waals surface area contributed by atoms with E-state index in [0.29, 0.717) is 0 Å². The molecule has 6 nitrogen and oxygen atoms in total. The molecule has 2 aromatic carbocycles. The van der Waals surface area contributed by atoms with Gasteiger partial charge in [-0.25, -0.2) is 0 Å². The van der Waals surface area contributed by atoms with E-state index in [2.05, 4.69) is 80.4 Å². The predicted octanol–water partition coefficient (Wildman–Crippen LogP) is 2.50. The van der Waals surface area contributed by atoms with Gasteiger partial charge in [0.25, 0.3) is 0 Å². The molecule has 0 unspecified atom stereocenters. The number of fused-ring (bicyclic) bond motifs is 4. The van der Waals surface area contributed by atoms with Crippen LogP contribution in [0.15, 0.2) is 48.5 Å². The zero-order valence-electron chi connectivity index (χ0n) is 20.9. The van der Waals surface area contributed by atoms with Gasteiger partial charge in [-0.05, 0) is 100 Å². The first-order chi connectivity index (χ1) is 16.9. The molecular formula is C28H46N6. The molecule has 34 heavy (non-hydrogen) atoms. The smallest absolute Gasteiger partial charge is 0.0205 e. The fraction of sp³-hybridized carbons (Fsp3) is 0.571. The van der Waals surface area contributed by atoms with Gasteiger partial charge < -0.3 is 31.9 Å². The van der Waals surface area contributed by atoms with E-state index < -0.39 is 0 Å². The molecule has 0 atom stereocenters. The van der Waals surface area contributed by atoms with E-state index in [1.165, 1.54) is 22.3 Å². The van der Waals surface area contributed by atoms with Crippen molar-refractivity contribution < 1.29 is 0 Å².